The molecule has 174 valence electrons. The highest BCUT2D eigenvalue weighted by atomic mass is 16.5. The van der Waals surface area contributed by atoms with Crippen LogP contribution in [-0.2, 0) is 6.54 Å². The monoisotopic (exact) mass is 451 g/mol. The van der Waals surface area contributed by atoms with Crippen LogP contribution in [0.15, 0.2) is 53.8 Å². The Bertz CT molecular complexity index is 1200. The van der Waals surface area contributed by atoms with Crippen LogP contribution in [0.25, 0.3) is 5.69 Å². The third-order valence-electron chi connectivity index (χ3n) is 5.39. The van der Waals surface area contributed by atoms with Crippen molar-refractivity contribution in [3.8, 4) is 11.4 Å². The summed E-state index contributed by atoms with van der Waals surface area (Å²) in [5.41, 5.74) is 0.799. The lowest BCUT2D eigenvalue weighted by molar-refractivity contribution is 0.0948. The lowest BCUT2D eigenvalue weighted by Gasteiger charge is -2.17. The van der Waals surface area contributed by atoms with Crippen molar-refractivity contribution in [2.45, 2.75) is 39.8 Å². The summed E-state index contributed by atoms with van der Waals surface area (Å²) in [6, 6.07) is 7.48. The molecule has 1 atom stereocenters. The molecule has 0 aliphatic rings. The number of nitrogens with one attached hydrogen (secondary N) is 2. The van der Waals surface area contributed by atoms with E-state index >= 15 is 0 Å². The molecule has 1 unspecified atom stereocenters. The first-order valence-electron chi connectivity index (χ1n) is 10.9. The maximum atomic E-state index is 12.9. The molecule has 0 radical (unpaired) electrons. The fraction of sp³-hybridized carbons (Fsp3) is 0.333. The van der Waals surface area contributed by atoms with Gasteiger partial charge in [-0.2, -0.15) is 5.10 Å². The molecule has 33 heavy (non-hydrogen) atoms. The molecule has 0 saturated heterocycles. The van der Waals surface area contributed by atoms with E-state index in [-0.39, 0.29) is 23.7 Å². The summed E-state index contributed by atoms with van der Waals surface area (Å²) < 4.78 is 8.76. The zero-order chi connectivity index (χ0) is 24.0. The van der Waals surface area contributed by atoms with Crippen LogP contribution in [0, 0.1) is 0 Å². The highest BCUT2D eigenvalue weighted by Gasteiger charge is 2.20. The molecule has 1 aromatic carbocycles. The summed E-state index contributed by atoms with van der Waals surface area (Å²) in [5, 5.41) is 9.73. The van der Waals surface area contributed by atoms with Crippen molar-refractivity contribution in [2.24, 2.45) is 0 Å². The van der Waals surface area contributed by atoms with Gasteiger partial charge in [-0.3, -0.25) is 14.4 Å². The fourth-order valence-corrected chi connectivity index (χ4v) is 3.32. The number of hydrogen-bond acceptors (Lipinski definition) is 5. The van der Waals surface area contributed by atoms with Gasteiger partial charge in [0.05, 0.1) is 13.3 Å². The molecule has 0 spiro atoms. The van der Waals surface area contributed by atoms with Gasteiger partial charge in [0.15, 0.2) is 0 Å². The average molecular weight is 452 g/mol. The standard InChI is InChI=1S/C24H29N5O4/c1-5-16(3)28-14-18(23(31)25-6-2)22(30)19(15-28)24(32)26-11-17-12-27-29(13-17)20-9-7-8-10-21(20)33-4/h7-10,12-16H,5-6,11H2,1-4H3,(H,25,31)(H,26,32). The molecule has 0 aliphatic carbocycles. The molecule has 0 bridgehead atoms. The SMILES string of the molecule is CCNC(=O)c1cn(C(C)CC)cc(C(=O)NCc2cnn(-c3ccccc3OC)c2)c1=O. The highest BCUT2D eigenvalue weighted by molar-refractivity contribution is 5.99. The molecule has 2 heterocycles. The molecular formula is C24H29N5O4. The third kappa shape index (κ3) is 5.31. The van der Waals surface area contributed by atoms with E-state index in [4.69, 9.17) is 4.74 Å². The van der Waals surface area contributed by atoms with E-state index < -0.39 is 17.2 Å². The van der Waals surface area contributed by atoms with Crippen molar-refractivity contribution in [3.05, 3.63) is 76.0 Å². The average Bonchev–Trinajstić information content (AvgIpc) is 3.31. The van der Waals surface area contributed by atoms with Gasteiger partial charge in [0.25, 0.3) is 11.8 Å². The number of aromatic nitrogens is 3. The van der Waals surface area contributed by atoms with E-state index in [2.05, 4.69) is 15.7 Å². The summed E-state index contributed by atoms with van der Waals surface area (Å²) in [6.07, 6.45) is 7.21. The maximum Gasteiger partial charge on any atom is 0.257 e. The number of benzene rings is 1. The molecule has 0 aliphatic heterocycles. The molecule has 0 fully saturated rings. The van der Waals surface area contributed by atoms with E-state index in [0.29, 0.717) is 12.3 Å². The molecule has 9 heteroatoms. The van der Waals surface area contributed by atoms with Crippen LogP contribution in [0.4, 0.5) is 0 Å². The van der Waals surface area contributed by atoms with Crippen molar-refractivity contribution in [3.63, 3.8) is 0 Å². The number of ether oxygens (including phenoxy) is 1. The summed E-state index contributed by atoms with van der Waals surface area (Å²) >= 11 is 0. The molecule has 0 saturated carbocycles. The Morgan fingerprint density at radius 3 is 2.36 bits per heavy atom. The van der Waals surface area contributed by atoms with Crippen LogP contribution < -0.4 is 20.8 Å². The summed E-state index contributed by atoms with van der Waals surface area (Å²) in [4.78, 5) is 38.2. The number of pyridine rings is 1. The van der Waals surface area contributed by atoms with Gasteiger partial charge in [0, 0.05) is 43.3 Å². The highest BCUT2D eigenvalue weighted by Crippen LogP contribution is 2.21. The molecule has 3 aromatic rings. The molecule has 2 amide bonds. The lowest BCUT2D eigenvalue weighted by Crippen LogP contribution is -2.35. The number of para-hydroxylation sites is 2. The Balaban J connectivity index is 1.83. The second-order valence-corrected chi connectivity index (χ2v) is 7.63. The van der Waals surface area contributed by atoms with Crippen molar-refractivity contribution < 1.29 is 14.3 Å². The normalized spacial score (nSPS) is 11.6. The molecule has 2 aromatic heterocycles. The summed E-state index contributed by atoms with van der Waals surface area (Å²) in [7, 11) is 1.59. The molecular weight excluding hydrogens is 422 g/mol. The molecule has 9 nitrogen and oxygen atoms in total. The number of carbonyl (C=O) groups is 2. The van der Waals surface area contributed by atoms with Gasteiger partial charge < -0.3 is 19.9 Å². The topological polar surface area (TPSA) is 107 Å². The first-order valence-corrected chi connectivity index (χ1v) is 10.9. The number of methoxy groups -OCH3 is 1. The van der Waals surface area contributed by atoms with Gasteiger partial charge in [0.1, 0.15) is 22.6 Å². The van der Waals surface area contributed by atoms with E-state index in [9.17, 15) is 14.4 Å². The van der Waals surface area contributed by atoms with Crippen LogP contribution in [0.1, 0.15) is 59.5 Å². The van der Waals surface area contributed by atoms with Gasteiger partial charge in [0.2, 0.25) is 5.43 Å². The Labute approximate surface area is 192 Å². The Morgan fingerprint density at radius 2 is 1.73 bits per heavy atom. The predicted octanol–water partition coefficient (Wildman–Crippen LogP) is 2.69. The number of hydrogen-bond donors (Lipinski definition) is 2. The Hall–Kier alpha value is -3.88. The van der Waals surface area contributed by atoms with E-state index in [0.717, 1.165) is 17.7 Å². The van der Waals surface area contributed by atoms with Crippen LogP contribution in [0.2, 0.25) is 0 Å². The Kier molecular flexibility index (Phi) is 7.66. The predicted molar refractivity (Wildman–Crippen MR) is 125 cm³/mol. The number of amides is 2. The minimum absolute atomic E-state index is 0.0180. The van der Waals surface area contributed by atoms with Crippen LogP contribution in [0.3, 0.4) is 0 Å². The fourth-order valence-electron chi connectivity index (χ4n) is 3.32. The third-order valence-corrected chi connectivity index (χ3v) is 5.39. The van der Waals surface area contributed by atoms with Crippen molar-refractivity contribution in [2.75, 3.05) is 13.7 Å². The van der Waals surface area contributed by atoms with Crippen molar-refractivity contribution in [1.29, 1.82) is 0 Å². The summed E-state index contributed by atoms with van der Waals surface area (Å²) in [5.74, 6) is -0.371. The smallest absolute Gasteiger partial charge is 0.257 e. The van der Waals surface area contributed by atoms with Gasteiger partial charge >= 0.3 is 0 Å². The number of carbonyl (C=O) groups excluding carboxylic acids is 2. The van der Waals surface area contributed by atoms with Crippen molar-refractivity contribution >= 4 is 11.8 Å². The number of nitrogens with zero attached hydrogens (tertiary/aromatic N) is 3. The second kappa shape index (κ2) is 10.6. The van der Waals surface area contributed by atoms with E-state index in [1.54, 1.807) is 35.7 Å². The minimum Gasteiger partial charge on any atom is -0.494 e. The first-order chi connectivity index (χ1) is 15.9. The van der Waals surface area contributed by atoms with Crippen LogP contribution in [0.5, 0.6) is 5.75 Å². The molecule has 3 rings (SSSR count). The maximum absolute atomic E-state index is 12.9. The Morgan fingerprint density at radius 1 is 1.06 bits per heavy atom. The van der Waals surface area contributed by atoms with Gasteiger partial charge in [-0.25, -0.2) is 4.68 Å². The number of rotatable bonds is 9. The van der Waals surface area contributed by atoms with Gasteiger partial charge in [-0.15, -0.1) is 0 Å². The lowest BCUT2D eigenvalue weighted by atomic mass is 10.1. The van der Waals surface area contributed by atoms with Gasteiger partial charge in [-0.1, -0.05) is 19.1 Å². The zero-order valence-corrected chi connectivity index (χ0v) is 19.3. The van der Waals surface area contributed by atoms with Crippen LogP contribution in [-0.4, -0.2) is 39.8 Å². The van der Waals surface area contributed by atoms with E-state index in [1.807, 2.05) is 38.1 Å². The van der Waals surface area contributed by atoms with E-state index in [1.165, 1.54) is 12.4 Å². The second-order valence-electron chi connectivity index (χ2n) is 7.63. The van der Waals surface area contributed by atoms with Gasteiger partial charge in [-0.05, 0) is 32.4 Å². The quantitative estimate of drug-likeness (QED) is 0.520. The zero-order valence-electron chi connectivity index (χ0n) is 19.3. The minimum atomic E-state index is -0.595. The largest absolute Gasteiger partial charge is 0.494 e. The summed E-state index contributed by atoms with van der Waals surface area (Å²) in [6.45, 7) is 6.27. The first kappa shape index (κ1) is 23.8. The van der Waals surface area contributed by atoms with Crippen LogP contribution >= 0.6 is 0 Å². The van der Waals surface area contributed by atoms with Crippen molar-refractivity contribution in [1.82, 2.24) is 25.0 Å². The molecule has 2 N–H and O–H groups in total.